The van der Waals surface area contributed by atoms with Gasteiger partial charge in [0, 0.05) is 74.9 Å². The monoisotopic (exact) mass is 464 g/mol. The van der Waals surface area contributed by atoms with Gasteiger partial charge < -0.3 is 10.2 Å². The number of hydrogen-bond acceptors (Lipinski definition) is 6. The number of rotatable bonds is 6. The van der Waals surface area contributed by atoms with Crippen LogP contribution in [0.1, 0.15) is 38.7 Å². The molecule has 0 saturated carbocycles. The Kier molecular flexibility index (Phi) is 6.50. The molecular formula is C24H28N6O2S. The third kappa shape index (κ3) is 4.99. The summed E-state index contributed by atoms with van der Waals surface area (Å²) in [6.45, 7) is 4.55. The third-order valence-electron chi connectivity index (χ3n) is 6.31. The van der Waals surface area contributed by atoms with E-state index in [1.165, 1.54) is 5.56 Å². The van der Waals surface area contributed by atoms with Gasteiger partial charge in [0.25, 0.3) is 5.91 Å². The number of fused-ring (bicyclic) bond motifs is 1. The largest absolute Gasteiger partial charge is 0.354 e. The summed E-state index contributed by atoms with van der Waals surface area (Å²) in [6.07, 6.45) is 3.89. The Hall–Kier alpha value is -3.04. The molecule has 2 aliphatic heterocycles. The normalized spacial score (nSPS) is 16.8. The molecule has 1 N–H and O–H groups in total. The van der Waals surface area contributed by atoms with Crippen molar-refractivity contribution in [1.82, 2.24) is 29.9 Å². The quantitative estimate of drug-likeness (QED) is 0.604. The summed E-state index contributed by atoms with van der Waals surface area (Å²) in [7, 11) is 0. The van der Waals surface area contributed by atoms with E-state index in [0.29, 0.717) is 38.3 Å². The van der Waals surface area contributed by atoms with Crippen molar-refractivity contribution in [3.63, 3.8) is 0 Å². The van der Waals surface area contributed by atoms with E-state index < -0.39 is 0 Å². The highest BCUT2D eigenvalue weighted by Gasteiger charge is 2.31. The molecule has 0 bridgehead atoms. The van der Waals surface area contributed by atoms with Gasteiger partial charge in [-0.1, -0.05) is 30.3 Å². The van der Waals surface area contributed by atoms with E-state index in [1.54, 1.807) is 16.2 Å². The lowest BCUT2D eigenvalue weighted by Crippen LogP contribution is -2.36. The van der Waals surface area contributed by atoms with Crippen molar-refractivity contribution < 1.29 is 9.59 Å². The second kappa shape index (κ2) is 9.84. The predicted octanol–water partition coefficient (Wildman–Crippen LogP) is 2.10. The summed E-state index contributed by atoms with van der Waals surface area (Å²) in [4.78, 5) is 33.8. The number of amides is 2. The molecule has 8 nitrogen and oxygen atoms in total. The van der Waals surface area contributed by atoms with Crippen LogP contribution in [0.25, 0.3) is 0 Å². The van der Waals surface area contributed by atoms with Crippen molar-refractivity contribution in [3.8, 4) is 0 Å². The number of aromatic nitrogens is 3. The highest BCUT2D eigenvalue weighted by atomic mass is 32.1. The number of hydrogen-bond donors (Lipinski definition) is 1. The Morgan fingerprint density at radius 2 is 2.00 bits per heavy atom. The highest BCUT2D eigenvalue weighted by molar-refractivity contribution is 7.09. The van der Waals surface area contributed by atoms with E-state index in [4.69, 9.17) is 5.10 Å². The van der Waals surface area contributed by atoms with Gasteiger partial charge in [0.05, 0.1) is 6.54 Å². The highest BCUT2D eigenvalue weighted by Crippen LogP contribution is 2.26. The van der Waals surface area contributed by atoms with E-state index in [1.807, 2.05) is 34.5 Å². The van der Waals surface area contributed by atoms with Crippen LogP contribution in [-0.4, -0.2) is 62.6 Å². The first-order valence-electron chi connectivity index (χ1n) is 11.5. The lowest BCUT2D eigenvalue weighted by atomic mass is 10.0. The van der Waals surface area contributed by atoms with Crippen molar-refractivity contribution in [2.75, 3.05) is 26.2 Å². The maximum absolute atomic E-state index is 13.5. The zero-order valence-electron chi connectivity index (χ0n) is 18.6. The van der Waals surface area contributed by atoms with Gasteiger partial charge in [-0.2, -0.15) is 5.10 Å². The Morgan fingerprint density at radius 3 is 2.82 bits per heavy atom. The molecule has 33 heavy (non-hydrogen) atoms. The molecule has 172 valence electrons. The summed E-state index contributed by atoms with van der Waals surface area (Å²) < 4.78 is 2.04. The maximum atomic E-state index is 13.5. The first-order valence-corrected chi connectivity index (χ1v) is 12.3. The molecule has 5 rings (SSSR count). The molecule has 0 spiro atoms. The van der Waals surface area contributed by atoms with Crippen molar-refractivity contribution in [2.45, 2.75) is 38.9 Å². The second-order valence-corrected chi connectivity index (χ2v) is 9.49. The molecule has 3 aromatic rings. The molecule has 1 aromatic carbocycles. The number of benzene rings is 1. The molecule has 0 unspecified atom stereocenters. The topological polar surface area (TPSA) is 83.4 Å². The summed E-state index contributed by atoms with van der Waals surface area (Å²) in [5, 5.41) is 10.8. The van der Waals surface area contributed by atoms with Gasteiger partial charge >= 0.3 is 0 Å². The number of nitrogens with one attached hydrogen (secondary N) is 1. The molecule has 2 aliphatic rings. The van der Waals surface area contributed by atoms with Gasteiger partial charge in [-0.15, -0.1) is 11.3 Å². The molecule has 0 aliphatic carbocycles. The standard InChI is InChI=1S/C24H28N6O2S/c31-21-8-12-29(14-9-25-21)24(32)23-19-16-28(17-22-26-10-15-33-22)11-7-20(19)30(27-23)13-6-18-4-2-1-3-5-18/h1-5,10,15H,6-9,11-14,16-17H2,(H,25,31). The molecule has 1 fully saturated rings. The van der Waals surface area contributed by atoms with Gasteiger partial charge in [0.2, 0.25) is 5.91 Å². The fraction of sp³-hybridized carbons (Fsp3) is 0.417. The zero-order chi connectivity index (χ0) is 22.6. The fourth-order valence-corrected chi connectivity index (χ4v) is 5.22. The van der Waals surface area contributed by atoms with Crippen LogP contribution in [0.3, 0.4) is 0 Å². The van der Waals surface area contributed by atoms with Gasteiger partial charge in [-0.3, -0.25) is 19.2 Å². The van der Waals surface area contributed by atoms with Crippen LogP contribution in [0.5, 0.6) is 0 Å². The Bertz CT molecular complexity index is 1110. The van der Waals surface area contributed by atoms with Crippen LogP contribution in [0.4, 0.5) is 0 Å². The molecule has 2 aromatic heterocycles. The van der Waals surface area contributed by atoms with Gasteiger partial charge in [-0.25, -0.2) is 4.98 Å². The average molecular weight is 465 g/mol. The van der Waals surface area contributed by atoms with E-state index in [2.05, 4.69) is 27.3 Å². The molecule has 2 amide bonds. The minimum atomic E-state index is -0.0719. The average Bonchev–Trinajstić information content (AvgIpc) is 3.41. The van der Waals surface area contributed by atoms with Gasteiger partial charge in [0.1, 0.15) is 5.01 Å². The Morgan fingerprint density at radius 1 is 1.12 bits per heavy atom. The smallest absolute Gasteiger partial charge is 0.274 e. The molecule has 4 heterocycles. The van der Waals surface area contributed by atoms with Crippen molar-refractivity contribution in [2.24, 2.45) is 0 Å². The van der Waals surface area contributed by atoms with E-state index in [9.17, 15) is 9.59 Å². The second-order valence-electron chi connectivity index (χ2n) is 8.51. The van der Waals surface area contributed by atoms with Crippen molar-refractivity contribution in [3.05, 3.63) is 69.4 Å². The van der Waals surface area contributed by atoms with Crippen LogP contribution in [0, 0.1) is 0 Å². The van der Waals surface area contributed by atoms with Crippen LogP contribution >= 0.6 is 11.3 Å². The summed E-state index contributed by atoms with van der Waals surface area (Å²) in [5.74, 6) is -0.0762. The Labute approximate surface area is 197 Å². The van der Waals surface area contributed by atoms with Gasteiger partial charge in [0.15, 0.2) is 5.69 Å². The van der Waals surface area contributed by atoms with Crippen LogP contribution in [0.2, 0.25) is 0 Å². The van der Waals surface area contributed by atoms with E-state index in [-0.39, 0.29) is 11.8 Å². The zero-order valence-corrected chi connectivity index (χ0v) is 19.4. The first kappa shape index (κ1) is 21.8. The minimum absolute atomic E-state index is 0.00431. The predicted molar refractivity (Wildman–Crippen MR) is 126 cm³/mol. The molecule has 1 saturated heterocycles. The fourth-order valence-electron chi connectivity index (χ4n) is 4.56. The number of carbonyl (C=O) groups is 2. The molecule has 0 atom stereocenters. The molecular weight excluding hydrogens is 436 g/mol. The number of thiazole rings is 1. The van der Waals surface area contributed by atoms with Crippen LogP contribution in [0.15, 0.2) is 41.9 Å². The van der Waals surface area contributed by atoms with Crippen molar-refractivity contribution in [1.29, 1.82) is 0 Å². The van der Waals surface area contributed by atoms with E-state index >= 15 is 0 Å². The van der Waals surface area contributed by atoms with Crippen LogP contribution < -0.4 is 5.32 Å². The van der Waals surface area contributed by atoms with Crippen LogP contribution in [-0.2, 0) is 37.3 Å². The SMILES string of the molecule is O=C1CCN(C(=O)c2nn(CCc3ccccc3)c3c2CN(Cc2nccs2)CC3)CCN1. The number of aryl methyl sites for hydroxylation is 2. The Balaban J connectivity index is 1.40. The first-order chi connectivity index (χ1) is 16.2. The number of carbonyl (C=O) groups excluding carboxylic acids is 2. The lowest BCUT2D eigenvalue weighted by molar-refractivity contribution is -0.120. The third-order valence-corrected chi connectivity index (χ3v) is 7.08. The van der Waals surface area contributed by atoms with Gasteiger partial charge in [-0.05, 0) is 12.0 Å². The summed E-state index contributed by atoms with van der Waals surface area (Å²) >= 11 is 1.66. The maximum Gasteiger partial charge on any atom is 0.274 e. The molecule has 9 heteroatoms. The van der Waals surface area contributed by atoms with E-state index in [0.717, 1.165) is 48.7 Å². The summed E-state index contributed by atoms with van der Waals surface area (Å²) in [5.41, 5.74) is 3.98. The minimum Gasteiger partial charge on any atom is -0.354 e. The number of nitrogens with zero attached hydrogens (tertiary/aromatic N) is 5. The van der Waals surface area contributed by atoms with Crippen molar-refractivity contribution >= 4 is 23.2 Å². The summed E-state index contributed by atoms with van der Waals surface area (Å²) in [6, 6.07) is 10.4. The lowest BCUT2D eigenvalue weighted by Gasteiger charge is -2.27. The molecule has 0 radical (unpaired) electrons.